The molecule has 0 aromatic heterocycles. The van der Waals surface area contributed by atoms with Gasteiger partial charge in [-0.3, -0.25) is 5.84 Å². The third kappa shape index (κ3) is 4.02. The number of anilines is 1. The Labute approximate surface area is 157 Å². The molecule has 0 heterocycles. The van der Waals surface area contributed by atoms with Crippen molar-refractivity contribution in [3.05, 3.63) is 64.2 Å². The number of hydrogen-bond donors (Lipinski definition) is 3. The Morgan fingerprint density at radius 1 is 0.885 bits per heavy atom. The highest BCUT2D eigenvalue weighted by molar-refractivity contribution is 5.88. The van der Waals surface area contributed by atoms with Gasteiger partial charge in [0.05, 0.1) is 11.4 Å². The van der Waals surface area contributed by atoms with Gasteiger partial charge < -0.3 is 16.1 Å². The fourth-order valence-electron chi connectivity index (χ4n) is 3.43. The fraction of sp³-hybridized carbons (Fsp3) is 0.364. The number of hydrazine groups is 1. The van der Waals surface area contributed by atoms with Crippen LogP contribution in [0.4, 0.5) is 5.69 Å². The second kappa shape index (κ2) is 8.77. The Morgan fingerprint density at radius 2 is 1.42 bits per heavy atom. The van der Waals surface area contributed by atoms with Crippen LogP contribution in [0.1, 0.15) is 48.6 Å². The molecule has 0 bridgehead atoms. The first kappa shape index (κ1) is 19.9. The Morgan fingerprint density at radius 3 is 1.81 bits per heavy atom. The highest BCUT2D eigenvalue weighted by Crippen LogP contribution is 2.27. The van der Waals surface area contributed by atoms with E-state index in [2.05, 4.69) is 55.4 Å². The Bertz CT molecular complexity index is 748. The van der Waals surface area contributed by atoms with E-state index in [0.29, 0.717) is 5.70 Å². The number of nitrogens with two attached hydrogens (primary N) is 2. The molecule has 4 nitrogen and oxygen atoms in total. The van der Waals surface area contributed by atoms with Gasteiger partial charge in [-0.05, 0) is 60.2 Å². The average molecular weight is 353 g/mol. The highest BCUT2D eigenvalue weighted by atomic mass is 15.2. The van der Waals surface area contributed by atoms with Crippen molar-refractivity contribution in [2.24, 2.45) is 11.6 Å². The van der Waals surface area contributed by atoms with E-state index in [1.54, 1.807) is 0 Å². The summed E-state index contributed by atoms with van der Waals surface area (Å²) >= 11 is 0. The zero-order valence-electron chi connectivity index (χ0n) is 16.7. The summed E-state index contributed by atoms with van der Waals surface area (Å²) in [5.74, 6) is 5.84. The summed E-state index contributed by atoms with van der Waals surface area (Å²) in [6, 6.07) is 12.6. The van der Waals surface area contributed by atoms with Gasteiger partial charge in [0.15, 0.2) is 0 Å². The summed E-state index contributed by atoms with van der Waals surface area (Å²) in [7, 11) is 4.05. The van der Waals surface area contributed by atoms with Crippen molar-refractivity contribution in [2.75, 3.05) is 19.0 Å². The topological polar surface area (TPSA) is 67.3 Å². The molecule has 0 spiro atoms. The maximum atomic E-state index is 6.55. The largest absolute Gasteiger partial charge is 0.397 e. The van der Waals surface area contributed by atoms with Crippen LogP contribution >= 0.6 is 0 Å². The summed E-state index contributed by atoms with van der Waals surface area (Å²) in [5, 5.41) is 0. The maximum Gasteiger partial charge on any atom is 0.0795 e. The van der Waals surface area contributed by atoms with Gasteiger partial charge in [-0.1, -0.05) is 32.9 Å². The summed E-state index contributed by atoms with van der Waals surface area (Å²) in [6.45, 7) is 6.60. The van der Waals surface area contributed by atoms with E-state index in [9.17, 15) is 0 Å². The van der Waals surface area contributed by atoms with E-state index in [1.165, 1.54) is 16.7 Å². The minimum absolute atomic E-state index is 0.678. The lowest BCUT2D eigenvalue weighted by Gasteiger charge is -2.18. The van der Waals surface area contributed by atoms with Crippen molar-refractivity contribution >= 4 is 17.1 Å². The lowest BCUT2D eigenvalue weighted by Crippen LogP contribution is -2.23. The summed E-state index contributed by atoms with van der Waals surface area (Å²) in [6.07, 6.45) is 3.05. The molecular weight excluding hydrogens is 320 g/mol. The van der Waals surface area contributed by atoms with Crippen molar-refractivity contribution < 1.29 is 0 Å². The second-order valence-electron chi connectivity index (χ2n) is 6.71. The molecule has 4 heteroatoms. The first-order chi connectivity index (χ1) is 12.5. The molecule has 2 aromatic carbocycles. The lowest BCUT2D eigenvalue weighted by molar-refractivity contribution is 0.974. The smallest absolute Gasteiger partial charge is 0.0795 e. The molecule has 0 amide bonds. The van der Waals surface area contributed by atoms with Crippen LogP contribution in [0.5, 0.6) is 0 Å². The Hall–Kier alpha value is -2.46. The maximum absolute atomic E-state index is 6.55. The molecule has 0 unspecified atom stereocenters. The number of nitrogens with zero attached hydrogens (tertiary/aromatic N) is 1. The number of rotatable bonds is 7. The van der Waals surface area contributed by atoms with E-state index in [0.717, 1.165) is 41.8 Å². The normalized spacial score (nSPS) is 11.9. The van der Waals surface area contributed by atoms with Crippen molar-refractivity contribution in [3.63, 3.8) is 0 Å². The minimum Gasteiger partial charge on any atom is -0.397 e. The molecule has 2 aromatic rings. The van der Waals surface area contributed by atoms with Gasteiger partial charge in [0.1, 0.15) is 0 Å². The molecular formula is C22H32N4. The SMILES string of the molecule is CCc1cc(/C(N)=C(/NN)c2ccc(N(C)C)cc2)cc(CC)c1CC. The van der Waals surface area contributed by atoms with Gasteiger partial charge in [-0.15, -0.1) is 0 Å². The van der Waals surface area contributed by atoms with E-state index < -0.39 is 0 Å². The molecule has 0 fully saturated rings. The van der Waals surface area contributed by atoms with Gasteiger partial charge >= 0.3 is 0 Å². The first-order valence-electron chi connectivity index (χ1n) is 9.35. The predicted octanol–water partition coefficient (Wildman–Crippen LogP) is 3.69. The first-order valence-corrected chi connectivity index (χ1v) is 9.35. The van der Waals surface area contributed by atoms with Crippen LogP contribution in [0.2, 0.25) is 0 Å². The van der Waals surface area contributed by atoms with Gasteiger partial charge in [0.2, 0.25) is 0 Å². The monoisotopic (exact) mass is 352 g/mol. The molecule has 140 valence electrons. The Kier molecular flexibility index (Phi) is 6.70. The highest BCUT2D eigenvalue weighted by Gasteiger charge is 2.13. The zero-order chi connectivity index (χ0) is 19.3. The van der Waals surface area contributed by atoms with Crippen LogP contribution in [0.3, 0.4) is 0 Å². The lowest BCUT2D eigenvalue weighted by atomic mass is 9.91. The number of hydrogen-bond acceptors (Lipinski definition) is 4. The molecule has 0 saturated heterocycles. The summed E-state index contributed by atoms with van der Waals surface area (Å²) in [5.41, 5.74) is 18.1. The Balaban J connectivity index is 2.56. The number of benzene rings is 2. The average Bonchev–Trinajstić information content (AvgIpc) is 2.67. The fourth-order valence-corrected chi connectivity index (χ4v) is 3.43. The van der Waals surface area contributed by atoms with E-state index in [1.807, 2.05) is 26.2 Å². The third-order valence-electron chi connectivity index (χ3n) is 4.95. The standard InChI is InChI=1S/C22H32N4/c1-6-15-13-18(14-16(7-2)20(15)8-3)21(23)22(25-24)17-9-11-19(12-10-17)26(4)5/h9-14,25H,6-8,23-24H2,1-5H3/b22-21-. The van der Waals surface area contributed by atoms with Crippen LogP contribution < -0.4 is 21.9 Å². The van der Waals surface area contributed by atoms with Crippen LogP contribution in [0.15, 0.2) is 36.4 Å². The summed E-state index contributed by atoms with van der Waals surface area (Å²) < 4.78 is 0. The molecule has 2 rings (SSSR count). The van der Waals surface area contributed by atoms with E-state index >= 15 is 0 Å². The van der Waals surface area contributed by atoms with Gasteiger partial charge in [-0.2, -0.15) is 0 Å². The quantitative estimate of drug-likeness (QED) is 0.404. The van der Waals surface area contributed by atoms with Crippen molar-refractivity contribution in [2.45, 2.75) is 40.0 Å². The van der Waals surface area contributed by atoms with Crippen LogP contribution in [0, 0.1) is 0 Å². The zero-order valence-corrected chi connectivity index (χ0v) is 16.7. The van der Waals surface area contributed by atoms with Gasteiger partial charge in [0.25, 0.3) is 0 Å². The van der Waals surface area contributed by atoms with E-state index in [-0.39, 0.29) is 0 Å². The predicted molar refractivity (Wildman–Crippen MR) is 114 cm³/mol. The number of aryl methyl sites for hydroxylation is 2. The van der Waals surface area contributed by atoms with Crippen LogP contribution in [-0.2, 0) is 19.3 Å². The third-order valence-corrected chi connectivity index (χ3v) is 4.95. The van der Waals surface area contributed by atoms with E-state index in [4.69, 9.17) is 11.6 Å². The van der Waals surface area contributed by atoms with Crippen molar-refractivity contribution in [1.29, 1.82) is 0 Å². The number of nitrogens with one attached hydrogen (secondary N) is 1. The molecule has 0 aliphatic carbocycles. The molecule has 0 aliphatic rings. The molecule has 0 aliphatic heterocycles. The van der Waals surface area contributed by atoms with Crippen molar-refractivity contribution in [1.82, 2.24) is 5.43 Å². The van der Waals surface area contributed by atoms with Gasteiger partial charge in [0, 0.05) is 30.9 Å². The van der Waals surface area contributed by atoms with Crippen LogP contribution in [-0.4, -0.2) is 14.1 Å². The van der Waals surface area contributed by atoms with Gasteiger partial charge in [-0.25, -0.2) is 0 Å². The van der Waals surface area contributed by atoms with Crippen molar-refractivity contribution in [3.8, 4) is 0 Å². The summed E-state index contributed by atoms with van der Waals surface area (Å²) in [4.78, 5) is 2.07. The van der Waals surface area contributed by atoms with Crippen LogP contribution in [0.25, 0.3) is 11.4 Å². The second-order valence-corrected chi connectivity index (χ2v) is 6.71. The molecule has 0 radical (unpaired) electrons. The molecule has 0 atom stereocenters. The molecule has 5 N–H and O–H groups in total. The molecule has 0 saturated carbocycles. The molecule has 26 heavy (non-hydrogen) atoms. The minimum atomic E-state index is 0.678.